The number of ether oxygens (including phenoxy) is 1. The van der Waals surface area contributed by atoms with Gasteiger partial charge >= 0.3 is 0 Å². The van der Waals surface area contributed by atoms with E-state index in [-0.39, 0.29) is 42.9 Å². The SMILES string of the molecule is COC1CCN(C(=O)c2ccncc2Cl)C(CN)C1.Cl.Cl. The third-order valence-corrected chi connectivity index (χ3v) is 3.84. The zero-order valence-electron chi connectivity index (χ0n) is 11.7. The molecule has 8 heteroatoms. The Labute approximate surface area is 142 Å². The Bertz CT molecular complexity index is 462. The van der Waals surface area contributed by atoms with Crippen LogP contribution in [0, 0.1) is 0 Å². The number of halogens is 3. The lowest BCUT2D eigenvalue weighted by Gasteiger charge is -2.38. The molecule has 1 fully saturated rings. The molecule has 0 aliphatic carbocycles. The fourth-order valence-electron chi connectivity index (χ4n) is 2.42. The van der Waals surface area contributed by atoms with Crippen LogP contribution in [0.5, 0.6) is 0 Å². The van der Waals surface area contributed by atoms with E-state index < -0.39 is 0 Å². The maximum absolute atomic E-state index is 12.5. The van der Waals surface area contributed by atoms with E-state index in [2.05, 4.69) is 4.98 Å². The molecule has 1 aromatic heterocycles. The van der Waals surface area contributed by atoms with Crippen molar-refractivity contribution in [1.82, 2.24) is 9.88 Å². The number of rotatable bonds is 3. The molecule has 2 N–H and O–H groups in total. The highest BCUT2D eigenvalue weighted by Crippen LogP contribution is 2.23. The molecule has 1 aliphatic heterocycles. The van der Waals surface area contributed by atoms with E-state index in [0.29, 0.717) is 23.7 Å². The molecule has 0 bridgehead atoms. The van der Waals surface area contributed by atoms with Crippen molar-refractivity contribution in [3.05, 3.63) is 29.0 Å². The molecule has 0 spiro atoms. The van der Waals surface area contributed by atoms with Gasteiger partial charge in [-0.1, -0.05) is 11.6 Å². The number of aromatic nitrogens is 1. The maximum Gasteiger partial charge on any atom is 0.255 e. The Hall–Kier alpha value is -0.590. The zero-order valence-corrected chi connectivity index (χ0v) is 14.1. The van der Waals surface area contributed by atoms with Crippen molar-refractivity contribution < 1.29 is 9.53 Å². The second kappa shape index (κ2) is 9.43. The van der Waals surface area contributed by atoms with Crippen molar-refractivity contribution in [3.8, 4) is 0 Å². The number of pyridine rings is 1. The van der Waals surface area contributed by atoms with Gasteiger partial charge in [-0.15, -0.1) is 24.8 Å². The molecule has 120 valence electrons. The minimum Gasteiger partial charge on any atom is -0.381 e. The van der Waals surface area contributed by atoms with Crippen LogP contribution in [0.15, 0.2) is 18.5 Å². The molecule has 0 aromatic carbocycles. The second-order valence-electron chi connectivity index (χ2n) is 4.63. The quantitative estimate of drug-likeness (QED) is 0.901. The first-order valence-electron chi connectivity index (χ1n) is 6.30. The molecule has 2 unspecified atom stereocenters. The molecule has 0 radical (unpaired) electrons. The molecular weight excluding hydrogens is 337 g/mol. The van der Waals surface area contributed by atoms with Crippen molar-refractivity contribution in [3.63, 3.8) is 0 Å². The van der Waals surface area contributed by atoms with Crippen LogP contribution >= 0.6 is 36.4 Å². The second-order valence-corrected chi connectivity index (χ2v) is 5.03. The van der Waals surface area contributed by atoms with E-state index in [9.17, 15) is 4.79 Å². The first-order valence-corrected chi connectivity index (χ1v) is 6.68. The van der Waals surface area contributed by atoms with E-state index in [1.165, 1.54) is 6.20 Å². The van der Waals surface area contributed by atoms with Gasteiger partial charge in [0, 0.05) is 38.6 Å². The standard InChI is InChI=1S/C13H18ClN3O2.2ClH/c1-19-10-3-5-17(9(6-10)7-15)13(18)11-2-4-16-8-12(11)14;;/h2,4,8-10H,3,5-7,15H2,1H3;2*1H. The van der Waals surface area contributed by atoms with Gasteiger partial charge in [0.1, 0.15) is 0 Å². The number of carbonyl (C=O) groups is 1. The highest BCUT2D eigenvalue weighted by molar-refractivity contribution is 6.33. The average Bonchev–Trinajstić information content (AvgIpc) is 2.46. The fourth-order valence-corrected chi connectivity index (χ4v) is 2.62. The summed E-state index contributed by atoms with van der Waals surface area (Å²) in [5.41, 5.74) is 6.25. The van der Waals surface area contributed by atoms with Gasteiger partial charge in [-0.3, -0.25) is 9.78 Å². The van der Waals surface area contributed by atoms with Crippen LogP contribution < -0.4 is 5.73 Å². The number of methoxy groups -OCH3 is 1. The van der Waals surface area contributed by atoms with Gasteiger partial charge in [0.05, 0.1) is 16.7 Å². The first kappa shape index (κ1) is 20.4. The van der Waals surface area contributed by atoms with Gasteiger partial charge in [-0.05, 0) is 18.9 Å². The van der Waals surface area contributed by atoms with Gasteiger partial charge in [0.25, 0.3) is 5.91 Å². The fraction of sp³-hybridized carbons (Fsp3) is 0.538. The largest absolute Gasteiger partial charge is 0.381 e. The Kier molecular flexibility index (Phi) is 9.17. The van der Waals surface area contributed by atoms with Crippen LogP contribution in [-0.2, 0) is 4.74 Å². The maximum atomic E-state index is 12.5. The van der Waals surface area contributed by atoms with E-state index in [0.717, 1.165) is 12.8 Å². The van der Waals surface area contributed by atoms with Crippen molar-refractivity contribution in [1.29, 1.82) is 0 Å². The summed E-state index contributed by atoms with van der Waals surface area (Å²) >= 11 is 6.02. The number of hydrogen-bond donors (Lipinski definition) is 1. The Morgan fingerprint density at radius 2 is 2.29 bits per heavy atom. The average molecular weight is 357 g/mol. The van der Waals surface area contributed by atoms with Crippen LogP contribution in [-0.4, -0.2) is 48.1 Å². The van der Waals surface area contributed by atoms with Crippen LogP contribution in [0.2, 0.25) is 5.02 Å². The molecule has 2 heterocycles. The van der Waals surface area contributed by atoms with E-state index >= 15 is 0 Å². The van der Waals surface area contributed by atoms with Crippen LogP contribution in [0.1, 0.15) is 23.2 Å². The smallest absolute Gasteiger partial charge is 0.255 e. The third kappa shape index (κ3) is 4.69. The molecule has 2 rings (SSSR count). The van der Waals surface area contributed by atoms with Crippen molar-refractivity contribution >= 4 is 42.3 Å². The lowest BCUT2D eigenvalue weighted by molar-refractivity contribution is 0.0139. The lowest BCUT2D eigenvalue weighted by Crippen LogP contribution is -2.51. The van der Waals surface area contributed by atoms with Gasteiger partial charge in [-0.25, -0.2) is 0 Å². The molecule has 21 heavy (non-hydrogen) atoms. The zero-order chi connectivity index (χ0) is 13.8. The highest BCUT2D eigenvalue weighted by atomic mass is 35.5. The summed E-state index contributed by atoms with van der Waals surface area (Å²) in [5, 5.41) is 0.372. The molecular formula is C13H20Cl3N3O2. The van der Waals surface area contributed by atoms with Crippen LogP contribution in [0.3, 0.4) is 0 Å². The van der Waals surface area contributed by atoms with Crippen LogP contribution in [0.4, 0.5) is 0 Å². The molecule has 1 saturated heterocycles. The Morgan fingerprint density at radius 3 is 2.86 bits per heavy atom. The Morgan fingerprint density at radius 1 is 1.57 bits per heavy atom. The van der Waals surface area contributed by atoms with Gasteiger partial charge in [0.15, 0.2) is 0 Å². The number of nitrogens with two attached hydrogens (primary N) is 1. The molecule has 1 aliphatic rings. The lowest BCUT2D eigenvalue weighted by atomic mass is 9.98. The van der Waals surface area contributed by atoms with Gasteiger partial charge < -0.3 is 15.4 Å². The predicted octanol–water partition coefficient (Wildman–Crippen LogP) is 2.16. The normalized spacial score (nSPS) is 21.2. The molecule has 0 saturated carbocycles. The molecule has 1 aromatic rings. The summed E-state index contributed by atoms with van der Waals surface area (Å²) in [7, 11) is 1.69. The number of hydrogen-bond acceptors (Lipinski definition) is 4. The summed E-state index contributed by atoms with van der Waals surface area (Å²) in [4.78, 5) is 18.2. The predicted molar refractivity (Wildman–Crippen MR) is 87.7 cm³/mol. The van der Waals surface area contributed by atoms with E-state index in [4.69, 9.17) is 22.1 Å². The molecule has 2 atom stereocenters. The van der Waals surface area contributed by atoms with Gasteiger partial charge in [-0.2, -0.15) is 0 Å². The minimum absolute atomic E-state index is 0. The molecule has 5 nitrogen and oxygen atoms in total. The summed E-state index contributed by atoms with van der Waals surface area (Å²) in [6.07, 6.45) is 4.81. The number of likely N-dealkylation sites (tertiary alicyclic amines) is 1. The number of nitrogens with zero attached hydrogens (tertiary/aromatic N) is 2. The van der Waals surface area contributed by atoms with Crippen molar-refractivity contribution in [2.45, 2.75) is 25.0 Å². The first-order chi connectivity index (χ1) is 9.17. The van der Waals surface area contributed by atoms with Crippen molar-refractivity contribution in [2.24, 2.45) is 5.73 Å². The summed E-state index contributed by atoms with van der Waals surface area (Å²) < 4.78 is 5.35. The monoisotopic (exact) mass is 355 g/mol. The van der Waals surface area contributed by atoms with E-state index in [1.54, 1.807) is 24.3 Å². The summed E-state index contributed by atoms with van der Waals surface area (Å²) in [5.74, 6) is -0.0857. The molecule has 1 amide bonds. The number of amides is 1. The highest BCUT2D eigenvalue weighted by Gasteiger charge is 2.31. The van der Waals surface area contributed by atoms with E-state index in [1.807, 2.05) is 0 Å². The third-order valence-electron chi connectivity index (χ3n) is 3.54. The van der Waals surface area contributed by atoms with Gasteiger partial charge in [0.2, 0.25) is 0 Å². The number of piperidine rings is 1. The summed E-state index contributed by atoms with van der Waals surface area (Å²) in [6, 6.07) is 1.64. The van der Waals surface area contributed by atoms with Crippen molar-refractivity contribution in [2.75, 3.05) is 20.2 Å². The van der Waals surface area contributed by atoms with Crippen LogP contribution in [0.25, 0.3) is 0 Å². The Balaban J connectivity index is 0.00000200. The topological polar surface area (TPSA) is 68.5 Å². The summed E-state index contributed by atoms with van der Waals surface area (Å²) in [6.45, 7) is 1.06. The minimum atomic E-state index is -0.0857. The number of carbonyl (C=O) groups excluding carboxylic acids is 1.